The summed E-state index contributed by atoms with van der Waals surface area (Å²) in [7, 11) is 0. The van der Waals surface area contributed by atoms with Gasteiger partial charge in [0.05, 0.1) is 6.54 Å². The van der Waals surface area contributed by atoms with Crippen molar-refractivity contribution in [2.75, 3.05) is 18.0 Å². The Labute approximate surface area is 122 Å². The van der Waals surface area contributed by atoms with Crippen LogP contribution in [0.2, 0.25) is 0 Å². The number of ketones is 1. The molecule has 0 spiro atoms. The summed E-state index contributed by atoms with van der Waals surface area (Å²) < 4.78 is 26.1. The summed E-state index contributed by atoms with van der Waals surface area (Å²) in [5.74, 6) is -0.555. The highest BCUT2D eigenvalue weighted by atomic mass is 19.1. The second-order valence-corrected chi connectivity index (χ2v) is 5.29. The second kappa shape index (κ2) is 5.64. The van der Waals surface area contributed by atoms with Crippen LogP contribution in [0.1, 0.15) is 11.1 Å². The van der Waals surface area contributed by atoms with Gasteiger partial charge in [-0.25, -0.2) is 8.78 Å². The van der Waals surface area contributed by atoms with Gasteiger partial charge in [0, 0.05) is 18.7 Å². The van der Waals surface area contributed by atoms with E-state index < -0.39 is 0 Å². The predicted octanol–water partition coefficient (Wildman–Crippen LogP) is 3.14. The van der Waals surface area contributed by atoms with E-state index in [1.165, 1.54) is 24.3 Å². The Kier molecular flexibility index (Phi) is 3.69. The molecule has 0 radical (unpaired) electrons. The van der Waals surface area contributed by atoms with Gasteiger partial charge in [-0.15, -0.1) is 0 Å². The Bertz CT molecular complexity index is 667. The summed E-state index contributed by atoms with van der Waals surface area (Å²) in [5, 5.41) is 0. The van der Waals surface area contributed by atoms with Crippen LogP contribution in [0.15, 0.2) is 42.5 Å². The highest BCUT2D eigenvalue weighted by molar-refractivity contribution is 5.86. The van der Waals surface area contributed by atoms with E-state index in [2.05, 4.69) is 0 Å². The molecule has 1 aliphatic heterocycles. The summed E-state index contributed by atoms with van der Waals surface area (Å²) in [6.07, 6.45) is 1.10. The van der Waals surface area contributed by atoms with E-state index in [0.717, 1.165) is 29.8 Å². The molecule has 21 heavy (non-hydrogen) atoms. The highest BCUT2D eigenvalue weighted by Crippen LogP contribution is 2.28. The molecule has 0 aliphatic carbocycles. The van der Waals surface area contributed by atoms with Gasteiger partial charge < -0.3 is 4.90 Å². The Morgan fingerprint density at radius 1 is 1.05 bits per heavy atom. The fraction of sp³-hybridized carbons (Fsp3) is 0.235. The third-order valence-electron chi connectivity index (χ3n) is 3.72. The van der Waals surface area contributed by atoms with Gasteiger partial charge in [0.25, 0.3) is 0 Å². The minimum atomic E-state index is -0.310. The molecular weight excluding hydrogens is 272 g/mol. The number of anilines is 1. The normalized spacial score (nSPS) is 13.3. The van der Waals surface area contributed by atoms with Crippen LogP contribution in [-0.4, -0.2) is 18.9 Å². The fourth-order valence-electron chi connectivity index (χ4n) is 2.68. The number of carbonyl (C=O) groups is 1. The number of nitrogens with zero attached hydrogens (tertiary/aromatic N) is 1. The van der Waals surface area contributed by atoms with Crippen molar-refractivity contribution in [1.29, 1.82) is 0 Å². The third-order valence-corrected chi connectivity index (χ3v) is 3.72. The van der Waals surface area contributed by atoms with Crippen molar-refractivity contribution < 1.29 is 13.6 Å². The molecule has 2 aromatic carbocycles. The van der Waals surface area contributed by atoms with E-state index in [1.807, 2.05) is 4.90 Å². The van der Waals surface area contributed by atoms with Crippen LogP contribution in [0.25, 0.3) is 0 Å². The SMILES string of the molecule is O=C(Cc1ccc(F)cc1)CN1CCc2ccc(F)cc21. The smallest absolute Gasteiger partial charge is 0.156 e. The molecule has 0 unspecified atom stereocenters. The predicted molar refractivity (Wildman–Crippen MR) is 77.4 cm³/mol. The van der Waals surface area contributed by atoms with Crippen molar-refractivity contribution in [3.63, 3.8) is 0 Å². The van der Waals surface area contributed by atoms with Crippen molar-refractivity contribution in [2.45, 2.75) is 12.8 Å². The van der Waals surface area contributed by atoms with Crippen LogP contribution in [-0.2, 0) is 17.6 Å². The van der Waals surface area contributed by atoms with Crippen LogP contribution in [0.4, 0.5) is 14.5 Å². The van der Waals surface area contributed by atoms with Gasteiger partial charge in [0.15, 0.2) is 5.78 Å². The number of benzene rings is 2. The molecule has 3 rings (SSSR count). The Morgan fingerprint density at radius 3 is 2.52 bits per heavy atom. The van der Waals surface area contributed by atoms with Crippen LogP contribution in [0, 0.1) is 11.6 Å². The minimum absolute atomic E-state index is 0.0405. The van der Waals surface area contributed by atoms with Gasteiger partial charge in [-0.2, -0.15) is 0 Å². The van der Waals surface area contributed by atoms with E-state index in [9.17, 15) is 13.6 Å². The zero-order valence-corrected chi connectivity index (χ0v) is 11.5. The molecule has 2 nitrogen and oxygen atoms in total. The number of fused-ring (bicyclic) bond motifs is 1. The van der Waals surface area contributed by atoms with Crippen molar-refractivity contribution in [3.05, 3.63) is 65.2 Å². The summed E-state index contributed by atoms with van der Waals surface area (Å²) in [4.78, 5) is 14.0. The van der Waals surface area contributed by atoms with Gasteiger partial charge in [-0.3, -0.25) is 4.79 Å². The Morgan fingerprint density at radius 2 is 1.76 bits per heavy atom. The van der Waals surface area contributed by atoms with Gasteiger partial charge in [-0.05, 0) is 41.8 Å². The molecule has 0 fully saturated rings. The molecule has 1 heterocycles. The summed E-state index contributed by atoms with van der Waals surface area (Å²) in [5.41, 5.74) is 2.67. The molecule has 2 aromatic rings. The second-order valence-electron chi connectivity index (χ2n) is 5.29. The summed E-state index contributed by atoms with van der Waals surface area (Å²) >= 11 is 0. The maximum Gasteiger partial charge on any atom is 0.156 e. The van der Waals surface area contributed by atoms with Gasteiger partial charge in [0.2, 0.25) is 0 Å². The first-order valence-electron chi connectivity index (χ1n) is 6.91. The molecule has 1 aliphatic rings. The molecule has 0 atom stereocenters. The Hall–Kier alpha value is -2.23. The first-order chi connectivity index (χ1) is 10.1. The topological polar surface area (TPSA) is 20.3 Å². The molecule has 0 bridgehead atoms. The number of rotatable bonds is 4. The molecule has 4 heteroatoms. The van der Waals surface area contributed by atoms with Crippen LogP contribution >= 0.6 is 0 Å². The van der Waals surface area contributed by atoms with Gasteiger partial charge >= 0.3 is 0 Å². The lowest BCUT2D eigenvalue weighted by Gasteiger charge is -2.18. The van der Waals surface area contributed by atoms with Gasteiger partial charge in [0.1, 0.15) is 11.6 Å². The molecule has 0 saturated heterocycles. The van der Waals surface area contributed by atoms with E-state index in [0.29, 0.717) is 0 Å². The first-order valence-corrected chi connectivity index (χ1v) is 6.91. The van der Waals surface area contributed by atoms with Crippen LogP contribution in [0.3, 0.4) is 0 Å². The average molecular weight is 287 g/mol. The van der Waals surface area contributed by atoms with E-state index in [1.54, 1.807) is 18.2 Å². The molecular formula is C17H15F2NO. The maximum absolute atomic E-state index is 13.3. The summed E-state index contributed by atoms with van der Waals surface area (Å²) in [6.45, 7) is 0.988. The van der Waals surface area contributed by atoms with Crippen molar-refractivity contribution in [3.8, 4) is 0 Å². The monoisotopic (exact) mass is 287 g/mol. The molecule has 0 N–H and O–H groups in total. The number of hydrogen-bond donors (Lipinski definition) is 0. The number of hydrogen-bond acceptors (Lipinski definition) is 2. The lowest BCUT2D eigenvalue weighted by Crippen LogP contribution is -2.29. The summed E-state index contributed by atoms with van der Waals surface area (Å²) in [6, 6.07) is 10.6. The van der Waals surface area contributed by atoms with E-state index >= 15 is 0 Å². The van der Waals surface area contributed by atoms with Crippen molar-refractivity contribution >= 4 is 11.5 Å². The van der Waals surface area contributed by atoms with Crippen molar-refractivity contribution in [1.82, 2.24) is 0 Å². The number of halogens is 2. The zero-order valence-electron chi connectivity index (χ0n) is 11.5. The Balaban J connectivity index is 1.67. The van der Waals surface area contributed by atoms with E-state index in [4.69, 9.17) is 0 Å². The first kappa shape index (κ1) is 13.7. The lowest BCUT2D eigenvalue weighted by atomic mass is 10.1. The standard InChI is InChI=1S/C17H15F2NO/c18-14-4-1-12(2-5-14)9-16(21)11-20-8-7-13-3-6-15(19)10-17(13)20/h1-6,10H,7-9,11H2. The zero-order chi connectivity index (χ0) is 14.8. The average Bonchev–Trinajstić information content (AvgIpc) is 2.84. The molecule has 108 valence electrons. The molecule has 0 saturated carbocycles. The molecule has 0 aromatic heterocycles. The largest absolute Gasteiger partial charge is 0.364 e. The maximum atomic E-state index is 13.3. The molecule has 0 amide bonds. The van der Waals surface area contributed by atoms with Crippen molar-refractivity contribution in [2.24, 2.45) is 0 Å². The highest BCUT2D eigenvalue weighted by Gasteiger charge is 2.21. The fourth-order valence-corrected chi connectivity index (χ4v) is 2.68. The van der Waals surface area contributed by atoms with Crippen LogP contribution < -0.4 is 4.90 Å². The minimum Gasteiger partial charge on any atom is -0.364 e. The number of carbonyl (C=O) groups excluding carboxylic acids is 1. The lowest BCUT2D eigenvalue weighted by molar-refractivity contribution is -0.117. The van der Waals surface area contributed by atoms with Crippen LogP contribution in [0.5, 0.6) is 0 Å². The third kappa shape index (κ3) is 3.10. The van der Waals surface area contributed by atoms with Gasteiger partial charge in [-0.1, -0.05) is 18.2 Å². The quantitative estimate of drug-likeness (QED) is 0.861. The van der Waals surface area contributed by atoms with E-state index in [-0.39, 0.29) is 30.4 Å². The number of Topliss-reactive ketones (excluding diaryl/α,β-unsaturated/α-hetero) is 1.